The van der Waals surface area contributed by atoms with Crippen molar-refractivity contribution < 1.29 is 17.4 Å². The molecule has 98 valence electrons. The summed E-state index contributed by atoms with van der Waals surface area (Å²) >= 11 is 0. The first-order chi connectivity index (χ1) is 6.76. The van der Waals surface area contributed by atoms with Gasteiger partial charge in [-0.15, -0.1) is 0 Å². The van der Waals surface area contributed by atoms with Crippen LogP contribution in [0.2, 0.25) is 0 Å². The Bertz CT molecular complexity index is 249. The molecule has 0 saturated carbocycles. The van der Waals surface area contributed by atoms with Crippen LogP contribution in [-0.2, 0) is 11.0 Å². The van der Waals surface area contributed by atoms with Crippen LogP contribution in [0.4, 0.5) is 13.2 Å². The Morgan fingerprint density at radius 2 is 1.38 bits per heavy atom. The summed E-state index contributed by atoms with van der Waals surface area (Å²) in [6.45, 7) is 9.30. The maximum atomic E-state index is 12.8. The standard InChI is InChI=1S/C10H20F3NOS/c1-8(2,3)7(10(11,12)13)14-16(15)9(4,5)6/h7,14H,1-6H3/t7-,16?/m0/s1. The zero-order chi connectivity index (χ0) is 13.4. The monoisotopic (exact) mass is 259 g/mol. The van der Waals surface area contributed by atoms with Crippen molar-refractivity contribution in [1.82, 2.24) is 4.72 Å². The van der Waals surface area contributed by atoms with Crippen molar-refractivity contribution in [2.45, 2.75) is 58.5 Å². The summed E-state index contributed by atoms with van der Waals surface area (Å²) in [7, 11) is -1.73. The van der Waals surface area contributed by atoms with Gasteiger partial charge in [0.05, 0.1) is 15.7 Å². The van der Waals surface area contributed by atoms with Crippen LogP contribution in [0.3, 0.4) is 0 Å². The lowest BCUT2D eigenvalue weighted by Gasteiger charge is -2.34. The Balaban J connectivity index is 4.93. The number of alkyl halides is 3. The molecule has 1 N–H and O–H groups in total. The van der Waals surface area contributed by atoms with Gasteiger partial charge in [0.1, 0.15) is 6.04 Å². The van der Waals surface area contributed by atoms with Crippen molar-refractivity contribution in [3.8, 4) is 0 Å². The van der Waals surface area contributed by atoms with Gasteiger partial charge in [0.25, 0.3) is 0 Å². The topological polar surface area (TPSA) is 29.1 Å². The maximum Gasteiger partial charge on any atom is 0.405 e. The predicted octanol–water partition coefficient (Wildman–Crippen LogP) is 3.02. The summed E-state index contributed by atoms with van der Waals surface area (Å²) in [5, 5.41) is 0. The van der Waals surface area contributed by atoms with Gasteiger partial charge in [0, 0.05) is 0 Å². The average Bonchev–Trinajstić information content (AvgIpc) is 1.92. The molecule has 0 saturated heterocycles. The van der Waals surface area contributed by atoms with Gasteiger partial charge >= 0.3 is 6.18 Å². The van der Waals surface area contributed by atoms with Gasteiger partial charge < -0.3 is 0 Å². The Morgan fingerprint density at radius 1 is 1.00 bits per heavy atom. The van der Waals surface area contributed by atoms with Crippen LogP contribution >= 0.6 is 0 Å². The Morgan fingerprint density at radius 3 is 1.56 bits per heavy atom. The molecule has 0 aliphatic carbocycles. The van der Waals surface area contributed by atoms with Gasteiger partial charge in [-0.05, 0) is 26.2 Å². The number of nitrogens with one attached hydrogen (secondary N) is 1. The van der Waals surface area contributed by atoms with Gasteiger partial charge in [-0.25, -0.2) is 8.93 Å². The molecule has 2 atom stereocenters. The smallest absolute Gasteiger partial charge is 0.242 e. The molecule has 0 spiro atoms. The van der Waals surface area contributed by atoms with Crippen molar-refractivity contribution in [2.75, 3.05) is 0 Å². The SMILES string of the molecule is CC(C)(C)[C@H](NS(=O)C(C)(C)C)C(F)(F)F. The molecule has 0 amide bonds. The van der Waals surface area contributed by atoms with E-state index in [1.54, 1.807) is 20.8 Å². The zero-order valence-corrected chi connectivity index (χ0v) is 11.3. The first-order valence-corrected chi connectivity index (χ1v) is 6.16. The molecule has 0 aromatic carbocycles. The van der Waals surface area contributed by atoms with Crippen LogP contribution in [-0.4, -0.2) is 21.2 Å². The molecule has 0 radical (unpaired) electrons. The second kappa shape index (κ2) is 4.64. The molecule has 0 aliphatic rings. The van der Waals surface area contributed by atoms with E-state index in [1.165, 1.54) is 20.8 Å². The fourth-order valence-corrected chi connectivity index (χ4v) is 2.07. The van der Waals surface area contributed by atoms with Crippen LogP contribution in [0.1, 0.15) is 41.5 Å². The quantitative estimate of drug-likeness (QED) is 0.811. The Hall–Kier alpha value is -0.100. The summed E-state index contributed by atoms with van der Waals surface area (Å²) in [5.41, 5.74) is -1.03. The highest BCUT2D eigenvalue weighted by Crippen LogP contribution is 2.34. The lowest BCUT2D eigenvalue weighted by atomic mass is 9.87. The van der Waals surface area contributed by atoms with Gasteiger partial charge in [0.2, 0.25) is 0 Å². The molecule has 6 heteroatoms. The summed E-state index contributed by atoms with van der Waals surface area (Å²) in [5.74, 6) is 0. The highest BCUT2D eigenvalue weighted by Gasteiger charge is 2.48. The van der Waals surface area contributed by atoms with E-state index in [9.17, 15) is 17.4 Å². The van der Waals surface area contributed by atoms with E-state index in [4.69, 9.17) is 0 Å². The predicted molar refractivity (Wildman–Crippen MR) is 60.3 cm³/mol. The van der Waals surface area contributed by atoms with E-state index in [-0.39, 0.29) is 0 Å². The van der Waals surface area contributed by atoms with Crippen LogP contribution in [0.5, 0.6) is 0 Å². The lowest BCUT2D eigenvalue weighted by molar-refractivity contribution is -0.172. The molecule has 0 aliphatic heterocycles. The second-order valence-corrected chi connectivity index (χ2v) is 7.84. The lowest BCUT2D eigenvalue weighted by Crippen LogP contribution is -2.54. The average molecular weight is 259 g/mol. The van der Waals surface area contributed by atoms with Crippen molar-refractivity contribution in [3.05, 3.63) is 0 Å². The Labute approximate surface area is 97.6 Å². The van der Waals surface area contributed by atoms with E-state index in [2.05, 4.69) is 4.72 Å². The maximum absolute atomic E-state index is 12.8. The van der Waals surface area contributed by atoms with Crippen LogP contribution < -0.4 is 4.72 Å². The van der Waals surface area contributed by atoms with Crippen molar-refractivity contribution in [2.24, 2.45) is 5.41 Å². The summed E-state index contributed by atoms with van der Waals surface area (Å²) in [6, 6.07) is -1.78. The van der Waals surface area contributed by atoms with Gasteiger partial charge in [-0.1, -0.05) is 20.8 Å². The van der Waals surface area contributed by atoms with E-state index in [0.717, 1.165) is 0 Å². The number of rotatable bonds is 2. The molecular weight excluding hydrogens is 239 g/mol. The first kappa shape index (κ1) is 15.9. The van der Waals surface area contributed by atoms with Crippen LogP contribution in [0.25, 0.3) is 0 Å². The minimum absolute atomic E-state index is 0.714. The molecule has 0 heterocycles. The second-order valence-electron chi connectivity index (χ2n) is 5.84. The van der Waals surface area contributed by atoms with Gasteiger partial charge in [0.15, 0.2) is 0 Å². The van der Waals surface area contributed by atoms with E-state index < -0.39 is 33.4 Å². The van der Waals surface area contributed by atoms with Crippen molar-refractivity contribution in [1.29, 1.82) is 0 Å². The Kier molecular flexibility index (Phi) is 4.61. The summed E-state index contributed by atoms with van der Waals surface area (Å²) < 4.78 is 51.4. The van der Waals surface area contributed by atoms with Crippen molar-refractivity contribution >= 4 is 11.0 Å². The molecule has 16 heavy (non-hydrogen) atoms. The summed E-state index contributed by atoms with van der Waals surface area (Å²) in [6.07, 6.45) is -4.40. The first-order valence-electron chi connectivity index (χ1n) is 5.01. The molecule has 0 rings (SSSR count). The van der Waals surface area contributed by atoms with Crippen LogP contribution in [0, 0.1) is 5.41 Å². The number of hydrogen-bond acceptors (Lipinski definition) is 1. The number of hydrogen-bond donors (Lipinski definition) is 1. The van der Waals surface area contributed by atoms with Crippen LogP contribution in [0.15, 0.2) is 0 Å². The minimum atomic E-state index is -4.40. The minimum Gasteiger partial charge on any atom is -0.242 e. The fraction of sp³-hybridized carbons (Fsp3) is 1.00. The highest BCUT2D eigenvalue weighted by molar-refractivity contribution is 7.84. The van der Waals surface area contributed by atoms with Gasteiger partial charge in [-0.3, -0.25) is 0 Å². The largest absolute Gasteiger partial charge is 0.405 e. The van der Waals surface area contributed by atoms with Crippen molar-refractivity contribution in [3.63, 3.8) is 0 Å². The van der Waals surface area contributed by atoms with E-state index in [1.807, 2.05) is 0 Å². The molecular formula is C10H20F3NOS. The third-order valence-electron chi connectivity index (χ3n) is 1.97. The normalized spacial score (nSPS) is 18.3. The molecule has 0 bridgehead atoms. The number of halogens is 3. The molecule has 0 aromatic heterocycles. The van der Waals surface area contributed by atoms with Gasteiger partial charge in [-0.2, -0.15) is 13.2 Å². The molecule has 0 fully saturated rings. The third kappa shape index (κ3) is 4.82. The fourth-order valence-electron chi connectivity index (χ4n) is 1.02. The van der Waals surface area contributed by atoms with E-state index in [0.29, 0.717) is 0 Å². The summed E-state index contributed by atoms with van der Waals surface area (Å²) in [4.78, 5) is 0. The molecule has 2 nitrogen and oxygen atoms in total. The third-order valence-corrected chi connectivity index (χ3v) is 3.54. The highest BCUT2D eigenvalue weighted by atomic mass is 32.2. The van der Waals surface area contributed by atoms with E-state index >= 15 is 0 Å². The molecule has 1 unspecified atom stereocenters. The zero-order valence-electron chi connectivity index (χ0n) is 10.5. The molecule has 0 aromatic rings.